The zero-order valence-corrected chi connectivity index (χ0v) is 7.40. The molecule has 13 heavy (non-hydrogen) atoms. The third-order valence-electron chi connectivity index (χ3n) is 1.73. The average Bonchev–Trinajstić information content (AvgIpc) is 2.04. The minimum Gasteiger partial charge on any atom is -0.480 e. The van der Waals surface area contributed by atoms with Crippen LogP contribution >= 0.6 is 0 Å². The van der Waals surface area contributed by atoms with Crippen molar-refractivity contribution in [3.8, 4) is 0 Å². The predicted molar refractivity (Wildman–Crippen MR) is 48.3 cm³/mol. The van der Waals surface area contributed by atoms with Crippen molar-refractivity contribution < 1.29 is 9.90 Å². The van der Waals surface area contributed by atoms with Gasteiger partial charge in [0.25, 0.3) is 0 Å². The number of pyridine rings is 1. The maximum absolute atomic E-state index is 10.4. The lowest BCUT2D eigenvalue weighted by molar-refractivity contribution is -0.138. The number of carboxylic acids is 1. The molecule has 0 bridgehead atoms. The molecule has 0 aliphatic rings. The summed E-state index contributed by atoms with van der Waals surface area (Å²) in [5, 5.41) is 8.57. The number of nitrogens with two attached hydrogens (primary N) is 1. The number of nitrogens with zero attached hydrogens (tertiary/aromatic N) is 1. The number of aromatic nitrogens is 1. The van der Waals surface area contributed by atoms with E-state index < -0.39 is 12.0 Å². The van der Waals surface area contributed by atoms with Gasteiger partial charge in [0.1, 0.15) is 6.04 Å². The van der Waals surface area contributed by atoms with Crippen molar-refractivity contribution in [3.05, 3.63) is 29.6 Å². The van der Waals surface area contributed by atoms with Crippen molar-refractivity contribution in [2.24, 2.45) is 5.73 Å². The van der Waals surface area contributed by atoms with E-state index in [-0.39, 0.29) is 0 Å². The first-order valence-electron chi connectivity index (χ1n) is 3.99. The smallest absolute Gasteiger partial charge is 0.320 e. The molecular weight excluding hydrogens is 168 g/mol. The highest BCUT2D eigenvalue weighted by molar-refractivity contribution is 5.73. The highest BCUT2D eigenvalue weighted by Crippen LogP contribution is 2.03. The molecule has 1 heterocycles. The SMILES string of the molecule is Cc1cc(C[C@H](N)C(=O)O)ccn1. The molecule has 70 valence electrons. The maximum Gasteiger partial charge on any atom is 0.320 e. The summed E-state index contributed by atoms with van der Waals surface area (Å²) in [7, 11) is 0. The zero-order valence-electron chi connectivity index (χ0n) is 7.40. The fourth-order valence-electron chi connectivity index (χ4n) is 1.07. The quantitative estimate of drug-likeness (QED) is 0.703. The summed E-state index contributed by atoms with van der Waals surface area (Å²) in [6, 6.07) is 2.78. The van der Waals surface area contributed by atoms with Gasteiger partial charge in [0.05, 0.1) is 0 Å². The third-order valence-corrected chi connectivity index (χ3v) is 1.73. The second-order valence-corrected chi connectivity index (χ2v) is 2.95. The molecule has 1 aromatic heterocycles. The Kier molecular flexibility index (Phi) is 2.97. The molecule has 0 unspecified atom stereocenters. The standard InChI is InChI=1S/C9H12N2O2/c1-6-4-7(2-3-11-6)5-8(10)9(12)13/h2-4,8H,5,10H2,1H3,(H,12,13)/t8-/m0/s1. The van der Waals surface area contributed by atoms with Crippen LogP contribution in [0.1, 0.15) is 11.3 Å². The average molecular weight is 180 g/mol. The Balaban J connectivity index is 2.69. The van der Waals surface area contributed by atoms with Crippen molar-refractivity contribution in [2.75, 3.05) is 0 Å². The molecule has 1 aromatic rings. The van der Waals surface area contributed by atoms with Crippen LogP contribution in [0, 0.1) is 6.92 Å². The van der Waals surface area contributed by atoms with Crippen LogP contribution in [-0.2, 0) is 11.2 Å². The Morgan fingerprint density at radius 3 is 3.00 bits per heavy atom. The molecule has 1 atom stereocenters. The Bertz CT molecular complexity index is 312. The Morgan fingerprint density at radius 2 is 2.46 bits per heavy atom. The van der Waals surface area contributed by atoms with Crippen LogP contribution in [0.5, 0.6) is 0 Å². The molecule has 4 heteroatoms. The predicted octanol–water partition coefficient (Wildman–Crippen LogP) is 0.344. The molecule has 4 nitrogen and oxygen atoms in total. The molecular formula is C9H12N2O2. The minimum atomic E-state index is -0.977. The highest BCUT2D eigenvalue weighted by Gasteiger charge is 2.11. The monoisotopic (exact) mass is 180 g/mol. The normalized spacial score (nSPS) is 12.5. The number of carbonyl (C=O) groups is 1. The fraction of sp³-hybridized carbons (Fsp3) is 0.333. The van der Waals surface area contributed by atoms with Crippen LogP contribution in [0.4, 0.5) is 0 Å². The van der Waals surface area contributed by atoms with Gasteiger partial charge >= 0.3 is 5.97 Å². The first-order valence-corrected chi connectivity index (χ1v) is 3.99. The van der Waals surface area contributed by atoms with Gasteiger partial charge in [0.2, 0.25) is 0 Å². The van der Waals surface area contributed by atoms with Crippen molar-refractivity contribution in [1.29, 1.82) is 0 Å². The van der Waals surface area contributed by atoms with E-state index in [1.807, 2.05) is 13.0 Å². The second kappa shape index (κ2) is 4.00. The lowest BCUT2D eigenvalue weighted by Crippen LogP contribution is -2.32. The van der Waals surface area contributed by atoms with E-state index in [9.17, 15) is 4.79 Å². The summed E-state index contributed by atoms with van der Waals surface area (Å²) in [5.41, 5.74) is 7.15. The summed E-state index contributed by atoms with van der Waals surface area (Å²) < 4.78 is 0. The molecule has 0 spiro atoms. The van der Waals surface area contributed by atoms with Gasteiger partial charge in [-0.25, -0.2) is 0 Å². The summed E-state index contributed by atoms with van der Waals surface area (Å²) in [6.07, 6.45) is 2.00. The largest absolute Gasteiger partial charge is 0.480 e. The maximum atomic E-state index is 10.4. The van der Waals surface area contributed by atoms with Crippen molar-refractivity contribution in [2.45, 2.75) is 19.4 Å². The lowest BCUT2D eigenvalue weighted by Gasteiger charge is -2.05. The van der Waals surface area contributed by atoms with E-state index in [0.717, 1.165) is 11.3 Å². The summed E-state index contributed by atoms with van der Waals surface area (Å²) >= 11 is 0. The van der Waals surface area contributed by atoms with E-state index in [4.69, 9.17) is 10.8 Å². The second-order valence-electron chi connectivity index (χ2n) is 2.95. The van der Waals surface area contributed by atoms with Crippen LogP contribution in [-0.4, -0.2) is 22.1 Å². The molecule has 0 aliphatic heterocycles. The molecule has 1 rings (SSSR count). The number of hydrogen-bond acceptors (Lipinski definition) is 3. The van der Waals surface area contributed by atoms with E-state index in [0.29, 0.717) is 6.42 Å². The molecule has 0 radical (unpaired) electrons. The zero-order chi connectivity index (χ0) is 9.84. The lowest BCUT2D eigenvalue weighted by atomic mass is 10.1. The number of aryl methyl sites for hydroxylation is 1. The summed E-state index contributed by atoms with van der Waals surface area (Å²) in [4.78, 5) is 14.5. The summed E-state index contributed by atoms with van der Waals surface area (Å²) in [6.45, 7) is 1.86. The van der Waals surface area contributed by atoms with Gasteiger partial charge in [0.15, 0.2) is 0 Å². The molecule has 0 amide bonds. The summed E-state index contributed by atoms with van der Waals surface area (Å²) in [5.74, 6) is -0.977. The Hall–Kier alpha value is -1.42. The molecule has 0 saturated carbocycles. The van der Waals surface area contributed by atoms with Crippen molar-refractivity contribution >= 4 is 5.97 Å². The van der Waals surface area contributed by atoms with Crippen molar-refractivity contribution in [1.82, 2.24) is 4.98 Å². The number of aliphatic carboxylic acids is 1. The van der Waals surface area contributed by atoms with Crippen LogP contribution in [0.15, 0.2) is 18.3 Å². The first kappa shape index (κ1) is 9.67. The molecule has 0 fully saturated rings. The number of rotatable bonds is 3. The topological polar surface area (TPSA) is 76.2 Å². The Morgan fingerprint density at radius 1 is 1.77 bits per heavy atom. The van der Waals surface area contributed by atoms with E-state index in [1.54, 1.807) is 12.3 Å². The van der Waals surface area contributed by atoms with E-state index in [2.05, 4.69) is 4.98 Å². The fourth-order valence-corrected chi connectivity index (χ4v) is 1.07. The number of carboxylic acid groups (broad SMARTS) is 1. The van der Waals surface area contributed by atoms with Gasteiger partial charge < -0.3 is 10.8 Å². The van der Waals surface area contributed by atoms with Crippen LogP contribution in [0.2, 0.25) is 0 Å². The van der Waals surface area contributed by atoms with Gasteiger partial charge in [-0.3, -0.25) is 9.78 Å². The third kappa shape index (κ3) is 2.83. The van der Waals surface area contributed by atoms with Crippen LogP contribution in [0.25, 0.3) is 0 Å². The van der Waals surface area contributed by atoms with Crippen LogP contribution < -0.4 is 5.73 Å². The van der Waals surface area contributed by atoms with E-state index >= 15 is 0 Å². The van der Waals surface area contributed by atoms with E-state index in [1.165, 1.54) is 0 Å². The van der Waals surface area contributed by atoms with Gasteiger partial charge in [-0.2, -0.15) is 0 Å². The highest BCUT2D eigenvalue weighted by atomic mass is 16.4. The number of hydrogen-bond donors (Lipinski definition) is 2. The van der Waals surface area contributed by atoms with Gasteiger partial charge in [-0.1, -0.05) is 0 Å². The van der Waals surface area contributed by atoms with Gasteiger partial charge in [-0.05, 0) is 31.0 Å². The molecule has 0 aromatic carbocycles. The van der Waals surface area contributed by atoms with Crippen LogP contribution in [0.3, 0.4) is 0 Å². The minimum absolute atomic E-state index is 0.346. The van der Waals surface area contributed by atoms with Gasteiger partial charge in [-0.15, -0.1) is 0 Å². The van der Waals surface area contributed by atoms with Gasteiger partial charge in [0, 0.05) is 11.9 Å². The molecule has 0 saturated heterocycles. The Labute approximate surface area is 76.4 Å². The molecule has 3 N–H and O–H groups in total. The van der Waals surface area contributed by atoms with Crippen molar-refractivity contribution in [3.63, 3.8) is 0 Å². The molecule has 0 aliphatic carbocycles. The first-order chi connectivity index (χ1) is 6.09.